The van der Waals surface area contributed by atoms with E-state index in [1.165, 1.54) is 51.0 Å². The number of nitrogens with one attached hydrogen (secondary N) is 1. The minimum Gasteiger partial charge on any atom is -0.472 e. The molecule has 0 saturated carbocycles. The van der Waals surface area contributed by atoms with Gasteiger partial charge in [0.25, 0.3) is 0 Å². The summed E-state index contributed by atoms with van der Waals surface area (Å²) in [6, 6.07) is 2.08. The first kappa shape index (κ1) is 13.1. The SMILES string of the molecule is Br.c1cc(CN2CCCC3(CCNC3)C2)co1. The number of halogens is 1. The maximum absolute atomic E-state index is 5.13. The molecule has 0 radical (unpaired) electrons. The van der Waals surface area contributed by atoms with E-state index in [0.29, 0.717) is 5.41 Å². The van der Waals surface area contributed by atoms with Crippen molar-refractivity contribution in [2.24, 2.45) is 5.41 Å². The summed E-state index contributed by atoms with van der Waals surface area (Å²) < 4.78 is 5.13. The van der Waals surface area contributed by atoms with Crippen LogP contribution in [0.2, 0.25) is 0 Å². The molecule has 0 bridgehead atoms. The third kappa shape index (κ3) is 2.92. The van der Waals surface area contributed by atoms with Gasteiger partial charge in [-0.25, -0.2) is 0 Å². The van der Waals surface area contributed by atoms with Gasteiger partial charge in [0.05, 0.1) is 12.5 Å². The molecule has 0 aromatic carbocycles. The molecule has 1 spiro atoms. The molecule has 3 heterocycles. The molecule has 2 saturated heterocycles. The van der Waals surface area contributed by atoms with E-state index in [1.54, 1.807) is 6.26 Å². The number of likely N-dealkylation sites (tertiary alicyclic amines) is 1. The number of rotatable bonds is 2. The van der Waals surface area contributed by atoms with E-state index < -0.39 is 0 Å². The number of piperidine rings is 1. The van der Waals surface area contributed by atoms with Gasteiger partial charge in [-0.15, -0.1) is 17.0 Å². The molecule has 1 aromatic heterocycles. The summed E-state index contributed by atoms with van der Waals surface area (Å²) in [5, 5.41) is 3.52. The monoisotopic (exact) mass is 300 g/mol. The number of hydrogen-bond acceptors (Lipinski definition) is 3. The molecular weight excluding hydrogens is 280 g/mol. The van der Waals surface area contributed by atoms with E-state index >= 15 is 0 Å². The van der Waals surface area contributed by atoms with Crippen molar-refractivity contribution >= 4 is 17.0 Å². The summed E-state index contributed by atoms with van der Waals surface area (Å²) >= 11 is 0. The Morgan fingerprint density at radius 1 is 1.41 bits per heavy atom. The Labute approximate surface area is 113 Å². The van der Waals surface area contributed by atoms with Crippen molar-refractivity contribution in [2.75, 3.05) is 26.2 Å². The van der Waals surface area contributed by atoms with Crippen molar-refractivity contribution in [3.05, 3.63) is 24.2 Å². The summed E-state index contributed by atoms with van der Waals surface area (Å²) in [7, 11) is 0. The Balaban J connectivity index is 0.00000108. The molecule has 3 rings (SSSR count). The van der Waals surface area contributed by atoms with Crippen LogP contribution in [0.25, 0.3) is 0 Å². The zero-order valence-corrected chi connectivity index (χ0v) is 11.9. The molecule has 1 unspecified atom stereocenters. The lowest BCUT2D eigenvalue weighted by Gasteiger charge is -2.39. The van der Waals surface area contributed by atoms with Gasteiger partial charge in [0.15, 0.2) is 0 Å². The molecular formula is C13H21BrN2O. The van der Waals surface area contributed by atoms with Gasteiger partial charge in [0, 0.05) is 25.2 Å². The average Bonchev–Trinajstić information content (AvgIpc) is 2.91. The largest absolute Gasteiger partial charge is 0.472 e. The van der Waals surface area contributed by atoms with E-state index in [-0.39, 0.29) is 17.0 Å². The predicted octanol–water partition coefficient (Wildman–Crippen LogP) is 2.43. The smallest absolute Gasteiger partial charge is 0.0947 e. The van der Waals surface area contributed by atoms with Crippen LogP contribution in [0, 0.1) is 5.41 Å². The van der Waals surface area contributed by atoms with E-state index in [1.807, 2.05) is 6.26 Å². The van der Waals surface area contributed by atoms with Crippen LogP contribution >= 0.6 is 17.0 Å². The van der Waals surface area contributed by atoms with Crippen molar-refractivity contribution in [1.29, 1.82) is 0 Å². The van der Waals surface area contributed by atoms with Gasteiger partial charge in [-0.2, -0.15) is 0 Å². The van der Waals surface area contributed by atoms with Crippen LogP contribution in [0.1, 0.15) is 24.8 Å². The third-order valence-electron chi connectivity index (χ3n) is 4.06. The van der Waals surface area contributed by atoms with Crippen LogP contribution in [0.15, 0.2) is 23.0 Å². The predicted molar refractivity (Wildman–Crippen MR) is 73.5 cm³/mol. The lowest BCUT2D eigenvalue weighted by Crippen LogP contribution is -2.43. The third-order valence-corrected chi connectivity index (χ3v) is 4.06. The summed E-state index contributed by atoms with van der Waals surface area (Å²) in [4.78, 5) is 2.58. The maximum Gasteiger partial charge on any atom is 0.0947 e. The Morgan fingerprint density at radius 2 is 2.35 bits per heavy atom. The normalized spacial score (nSPS) is 29.4. The topological polar surface area (TPSA) is 28.4 Å². The minimum absolute atomic E-state index is 0. The molecule has 1 N–H and O–H groups in total. The lowest BCUT2D eigenvalue weighted by molar-refractivity contribution is 0.0976. The fourth-order valence-electron chi connectivity index (χ4n) is 3.23. The van der Waals surface area contributed by atoms with Crippen molar-refractivity contribution in [2.45, 2.75) is 25.8 Å². The highest BCUT2D eigenvalue weighted by molar-refractivity contribution is 8.93. The van der Waals surface area contributed by atoms with Crippen molar-refractivity contribution in [3.63, 3.8) is 0 Å². The van der Waals surface area contributed by atoms with Crippen LogP contribution in [-0.2, 0) is 6.54 Å². The van der Waals surface area contributed by atoms with Gasteiger partial charge >= 0.3 is 0 Å². The fraction of sp³-hybridized carbons (Fsp3) is 0.692. The molecule has 3 nitrogen and oxygen atoms in total. The van der Waals surface area contributed by atoms with E-state index in [0.717, 1.165) is 6.54 Å². The van der Waals surface area contributed by atoms with Crippen LogP contribution in [0.5, 0.6) is 0 Å². The molecule has 0 aliphatic carbocycles. The molecule has 2 aliphatic rings. The van der Waals surface area contributed by atoms with Gasteiger partial charge in [-0.05, 0) is 43.8 Å². The average molecular weight is 301 g/mol. The van der Waals surface area contributed by atoms with Gasteiger partial charge in [0.1, 0.15) is 0 Å². The van der Waals surface area contributed by atoms with Crippen molar-refractivity contribution in [3.8, 4) is 0 Å². The minimum atomic E-state index is 0. The highest BCUT2D eigenvalue weighted by Gasteiger charge is 2.37. The lowest BCUT2D eigenvalue weighted by atomic mass is 9.79. The van der Waals surface area contributed by atoms with Crippen LogP contribution in [0.3, 0.4) is 0 Å². The second-order valence-electron chi connectivity index (χ2n) is 5.37. The van der Waals surface area contributed by atoms with Gasteiger partial charge in [0.2, 0.25) is 0 Å². The zero-order chi connectivity index (χ0) is 10.8. The van der Waals surface area contributed by atoms with Gasteiger partial charge < -0.3 is 9.73 Å². The molecule has 1 atom stereocenters. The number of hydrogen-bond donors (Lipinski definition) is 1. The molecule has 2 fully saturated rings. The van der Waals surface area contributed by atoms with Crippen molar-refractivity contribution in [1.82, 2.24) is 10.2 Å². The van der Waals surface area contributed by atoms with Crippen LogP contribution < -0.4 is 5.32 Å². The first-order valence-electron chi connectivity index (χ1n) is 6.31. The first-order valence-corrected chi connectivity index (χ1v) is 6.31. The first-order chi connectivity index (χ1) is 7.86. The Morgan fingerprint density at radius 3 is 3.06 bits per heavy atom. The molecule has 96 valence electrons. The second kappa shape index (κ2) is 5.55. The summed E-state index contributed by atoms with van der Waals surface area (Å²) in [5.74, 6) is 0. The summed E-state index contributed by atoms with van der Waals surface area (Å²) in [5.41, 5.74) is 1.88. The zero-order valence-electron chi connectivity index (χ0n) is 10.2. The fourth-order valence-corrected chi connectivity index (χ4v) is 3.23. The highest BCUT2D eigenvalue weighted by Crippen LogP contribution is 2.35. The quantitative estimate of drug-likeness (QED) is 0.909. The van der Waals surface area contributed by atoms with Crippen molar-refractivity contribution < 1.29 is 4.42 Å². The van der Waals surface area contributed by atoms with Crippen LogP contribution in [0.4, 0.5) is 0 Å². The molecule has 1 aromatic rings. The molecule has 0 amide bonds. The number of furan rings is 1. The Bertz CT molecular complexity index is 333. The number of nitrogens with zero attached hydrogens (tertiary/aromatic N) is 1. The van der Waals surface area contributed by atoms with Gasteiger partial charge in [-0.3, -0.25) is 4.90 Å². The Hall–Kier alpha value is -0.320. The molecule has 2 aliphatic heterocycles. The Kier molecular flexibility index (Phi) is 4.28. The standard InChI is InChI=1S/C13H20N2O.BrH/c1-3-13(4-5-14-10-13)11-15(6-1)8-12-2-7-16-9-12;/h2,7,9,14H,1,3-6,8,10-11H2;1H. The van der Waals surface area contributed by atoms with E-state index in [9.17, 15) is 0 Å². The van der Waals surface area contributed by atoms with Crippen LogP contribution in [-0.4, -0.2) is 31.1 Å². The van der Waals surface area contributed by atoms with E-state index in [2.05, 4.69) is 16.3 Å². The van der Waals surface area contributed by atoms with Gasteiger partial charge in [-0.1, -0.05) is 0 Å². The summed E-state index contributed by atoms with van der Waals surface area (Å²) in [6.45, 7) is 5.98. The maximum atomic E-state index is 5.13. The molecule has 17 heavy (non-hydrogen) atoms. The van der Waals surface area contributed by atoms with E-state index in [4.69, 9.17) is 4.42 Å². The highest BCUT2D eigenvalue weighted by atomic mass is 79.9. The second-order valence-corrected chi connectivity index (χ2v) is 5.37. The molecule has 4 heteroatoms. The summed E-state index contributed by atoms with van der Waals surface area (Å²) in [6.07, 6.45) is 7.75.